The second-order valence-corrected chi connectivity index (χ2v) is 7.10. The number of non-ortho nitro benzene ring substituents is 1. The molecule has 0 aromatic heterocycles. The van der Waals surface area contributed by atoms with E-state index in [1.54, 1.807) is 0 Å². The molecule has 0 unspecified atom stereocenters. The van der Waals surface area contributed by atoms with Gasteiger partial charge in [-0.25, -0.2) is 8.42 Å². The van der Waals surface area contributed by atoms with Crippen molar-refractivity contribution in [2.75, 3.05) is 26.7 Å². The fourth-order valence-electron chi connectivity index (χ4n) is 2.55. The Morgan fingerprint density at radius 2 is 2.05 bits per heavy atom. The van der Waals surface area contributed by atoms with Crippen LogP contribution in [0, 0.1) is 16.0 Å². The molecule has 1 aromatic carbocycles. The fraction of sp³-hybridized carbons (Fsp3) is 0.538. The van der Waals surface area contributed by atoms with Crippen molar-refractivity contribution >= 4 is 15.7 Å². The highest BCUT2D eigenvalue weighted by molar-refractivity contribution is 7.89. The lowest BCUT2D eigenvalue weighted by atomic mass is 9.98. The van der Waals surface area contributed by atoms with Gasteiger partial charge in [-0.15, -0.1) is 0 Å². The van der Waals surface area contributed by atoms with Crippen LogP contribution in [0.15, 0.2) is 29.2 Å². The number of nitrogens with one attached hydrogen (secondary N) is 1. The summed E-state index contributed by atoms with van der Waals surface area (Å²) in [4.78, 5) is 10.2. The Labute approximate surface area is 124 Å². The number of nitrogens with zero attached hydrogens (tertiary/aromatic N) is 2. The van der Waals surface area contributed by atoms with Crippen LogP contribution in [0.4, 0.5) is 5.69 Å². The third-order valence-electron chi connectivity index (χ3n) is 3.73. The van der Waals surface area contributed by atoms with Crippen LogP contribution in [-0.4, -0.2) is 44.3 Å². The number of sulfonamides is 1. The Kier molecular flexibility index (Phi) is 4.92. The van der Waals surface area contributed by atoms with Gasteiger partial charge in [0.05, 0.1) is 9.82 Å². The second-order valence-electron chi connectivity index (χ2n) is 5.16. The number of rotatable bonds is 5. The van der Waals surface area contributed by atoms with E-state index in [4.69, 9.17) is 0 Å². The van der Waals surface area contributed by atoms with Crippen molar-refractivity contribution in [1.82, 2.24) is 9.62 Å². The molecule has 1 N–H and O–H groups in total. The molecule has 1 saturated heterocycles. The summed E-state index contributed by atoms with van der Waals surface area (Å²) in [5.41, 5.74) is -0.207. The molecule has 8 heteroatoms. The predicted octanol–water partition coefficient (Wildman–Crippen LogP) is 1.21. The maximum absolute atomic E-state index is 12.5. The van der Waals surface area contributed by atoms with E-state index in [1.165, 1.54) is 22.5 Å². The maximum atomic E-state index is 12.5. The van der Waals surface area contributed by atoms with Crippen LogP contribution in [0.2, 0.25) is 0 Å². The Morgan fingerprint density at radius 1 is 1.38 bits per heavy atom. The molecule has 0 saturated carbocycles. The molecule has 1 heterocycles. The molecule has 0 spiro atoms. The highest BCUT2D eigenvalue weighted by atomic mass is 32.2. The number of benzene rings is 1. The van der Waals surface area contributed by atoms with E-state index in [2.05, 4.69) is 5.32 Å². The molecule has 21 heavy (non-hydrogen) atoms. The standard InChI is InChI=1S/C13H19N3O4S/c1-14-10-11-5-7-15(8-6-11)21(19,20)13-4-2-3-12(9-13)16(17)18/h2-4,9,11,14H,5-8,10H2,1H3. The van der Waals surface area contributed by atoms with Crippen molar-refractivity contribution in [1.29, 1.82) is 0 Å². The summed E-state index contributed by atoms with van der Waals surface area (Å²) >= 11 is 0. The van der Waals surface area contributed by atoms with E-state index >= 15 is 0 Å². The molecule has 0 radical (unpaired) electrons. The second kappa shape index (κ2) is 6.50. The maximum Gasteiger partial charge on any atom is 0.270 e. The molecule has 1 aliphatic heterocycles. The van der Waals surface area contributed by atoms with Gasteiger partial charge in [-0.3, -0.25) is 10.1 Å². The number of piperidine rings is 1. The summed E-state index contributed by atoms with van der Waals surface area (Å²) in [6, 6.07) is 5.22. The number of hydrogen-bond acceptors (Lipinski definition) is 5. The van der Waals surface area contributed by atoms with Crippen molar-refractivity contribution in [3.05, 3.63) is 34.4 Å². The van der Waals surface area contributed by atoms with Crippen molar-refractivity contribution in [2.45, 2.75) is 17.7 Å². The van der Waals surface area contributed by atoms with E-state index in [0.29, 0.717) is 19.0 Å². The van der Waals surface area contributed by atoms with Gasteiger partial charge in [-0.05, 0) is 38.4 Å². The molecule has 0 bridgehead atoms. The van der Waals surface area contributed by atoms with E-state index in [-0.39, 0.29) is 10.6 Å². The molecular weight excluding hydrogens is 294 g/mol. The Hall–Kier alpha value is -1.51. The zero-order valence-corrected chi connectivity index (χ0v) is 12.7. The van der Waals surface area contributed by atoms with Crippen LogP contribution in [0.1, 0.15) is 12.8 Å². The SMILES string of the molecule is CNCC1CCN(S(=O)(=O)c2cccc([N+](=O)[O-])c2)CC1. The van der Waals surface area contributed by atoms with Gasteiger partial charge in [-0.1, -0.05) is 6.07 Å². The molecule has 1 aliphatic rings. The lowest BCUT2D eigenvalue weighted by Gasteiger charge is -2.31. The molecule has 2 rings (SSSR count). The predicted molar refractivity (Wildman–Crippen MR) is 78.5 cm³/mol. The van der Waals surface area contributed by atoms with Gasteiger partial charge in [-0.2, -0.15) is 4.31 Å². The van der Waals surface area contributed by atoms with Gasteiger partial charge in [0.15, 0.2) is 0 Å². The van der Waals surface area contributed by atoms with Crippen LogP contribution in [-0.2, 0) is 10.0 Å². The van der Waals surface area contributed by atoms with Gasteiger partial charge in [0.2, 0.25) is 10.0 Å². The van der Waals surface area contributed by atoms with E-state index in [1.807, 2.05) is 7.05 Å². The normalized spacial score (nSPS) is 17.8. The summed E-state index contributed by atoms with van der Waals surface area (Å²) < 4.78 is 26.4. The number of nitro benzene ring substituents is 1. The molecule has 0 amide bonds. The molecule has 1 fully saturated rings. The lowest BCUT2D eigenvalue weighted by molar-refractivity contribution is -0.385. The molecular formula is C13H19N3O4S. The minimum Gasteiger partial charge on any atom is -0.319 e. The van der Waals surface area contributed by atoms with Crippen LogP contribution in [0.3, 0.4) is 0 Å². The number of nitro groups is 1. The van der Waals surface area contributed by atoms with Crippen LogP contribution >= 0.6 is 0 Å². The smallest absolute Gasteiger partial charge is 0.270 e. The average Bonchev–Trinajstić information content (AvgIpc) is 2.48. The first-order chi connectivity index (χ1) is 9.95. The van der Waals surface area contributed by atoms with Gasteiger partial charge in [0.1, 0.15) is 0 Å². The Balaban J connectivity index is 2.16. The summed E-state index contributed by atoms with van der Waals surface area (Å²) in [6.45, 7) is 1.79. The first kappa shape index (κ1) is 15.9. The fourth-order valence-corrected chi connectivity index (χ4v) is 4.06. The molecule has 0 aliphatic carbocycles. The van der Waals surface area contributed by atoms with Crippen molar-refractivity contribution in [3.63, 3.8) is 0 Å². The monoisotopic (exact) mass is 313 g/mol. The van der Waals surface area contributed by atoms with Crippen molar-refractivity contribution in [3.8, 4) is 0 Å². The Morgan fingerprint density at radius 3 is 2.62 bits per heavy atom. The summed E-state index contributed by atoms with van der Waals surface area (Å²) in [5, 5.41) is 13.9. The lowest BCUT2D eigenvalue weighted by Crippen LogP contribution is -2.40. The van der Waals surface area contributed by atoms with Crippen LogP contribution < -0.4 is 5.32 Å². The van der Waals surface area contributed by atoms with Gasteiger partial charge in [0, 0.05) is 25.2 Å². The van der Waals surface area contributed by atoms with Crippen LogP contribution in [0.5, 0.6) is 0 Å². The largest absolute Gasteiger partial charge is 0.319 e. The molecule has 0 atom stereocenters. The summed E-state index contributed by atoms with van der Waals surface area (Å²) in [7, 11) is -1.77. The topological polar surface area (TPSA) is 92.6 Å². The summed E-state index contributed by atoms with van der Waals surface area (Å²) in [6.07, 6.45) is 1.60. The third kappa shape index (κ3) is 3.58. The van der Waals surface area contributed by atoms with Gasteiger partial charge >= 0.3 is 0 Å². The van der Waals surface area contributed by atoms with Crippen LogP contribution in [0.25, 0.3) is 0 Å². The van der Waals surface area contributed by atoms with Crippen molar-refractivity contribution < 1.29 is 13.3 Å². The van der Waals surface area contributed by atoms with E-state index in [0.717, 1.165) is 25.5 Å². The third-order valence-corrected chi connectivity index (χ3v) is 5.63. The highest BCUT2D eigenvalue weighted by Crippen LogP contribution is 2.25. The molecule has 116 valence electrons. The van der Waals surface area contributed by atoms with E-state index in [9.17, 15) is 18.5 Å². The summed E-state index contributed by atoms with van der Waals surface area (Å²) in [5.74, 6) is 0.478. The quantitative estimate of drug-likeness (QED) is 0.651. The minimum absolute atomic E-state index is 0.0104. The van der Waals surface area contributed by atoms with Gasteiger partial charge in [0.25, 0.3) is 5.69 Å². The zero-order valence-electron chi connectivity index (χ0n) is 11.9. The highest BCUT2D eigenvalue weighted by Gasteiger charge is 2.29. The van der Waals surface area contributed by atoms with Gasteiger partial charge < -0.3 is 5.32 Å². The average molecular weight is 313 g/mol. The minimum atomic E-state index is -3.65. The van der Waals surface area contributed by atoms with Crippen molar-refractivity contribution in [2.24, 2.45) is 5.92 Å². The molecule has 1 aromatic rings. The number of hydrogen-bond donors (Lipinski definition) is 1. The first-order valence-electron chi connectivity index (χ1n) is 6.84. The Bertz CT molecular complexity index is 610. The first-order valence-corrected chi connectivity index (χ1v) is 8.28. The van der Waals surface area contributed by atoms with E-state index < -0.39 is 14.9 Å². The zero-order chi connectivity index (χ0) is 15.5. The molecule has 7 nitrogen and oxygen atoms in total.